The summed E-state index contributed by atoms with van der Waals surface area (Å²) in [6, 6.07) is 1.71. The van der Waals surface area contributed by atoms with Crippen LogP contribution in [0.3, 0.4) is 0 Å². The number of ether oxygens (including phenoxy) is 2. The second kappa shape index (κ2) is 10.1. The minimum atomic E-state index is -1.20. The Morgan fingerprint density at radius 3 is 2.70 bits per heavy atom. The quantitative estimate of drug-likeness (QED) is 0.301. The van der Waals surface area contributed by atoms with E-state index in [9.17, 15) is 9.90 Å². The van der Waals surface area contributed by atoms with Crippen molar-refractivity contribution in [1.82, 2.24) is 25.3 Å². The van der Waals surface area contributed by atoms with Gasteiger partial charge in [0.2, 0.25) is 5.91 Å². The van der Waals surface area contributed by atoms with Gasteiger partial charge in [-0.15, -0.1) is 11.3 Å². The number of rotatable bonds is 7. The monoisotopic (exact) mass is 544 g/mol. The summed E-state index contributed by atoms with van der Waals surface area (Å²) in [4.78, 5) is 31.3. The van der Waals surface area contributed by atoms with Crippen molar-refractivity contribution < 1.29 is 19.4 Å². The van der Waals surface area contributed by atoms with E-state index >= 15 is 0 Å². The summed E-state index contributed by atoms with van der Waals surface area (Å²) in [7, 11) is 0. The third-order valence-corrected chi connectivity index (χ3v) is 8.40. The Balaban J connectivity index is 1.53. The molecule has 3 aromatic rings. The van der Waals surface area contributed by atoms with Crippen molar-refractivity contribution in [1.29, 1.82) is 0 Å². The van der Waals surface area contributed by atoms with Gasteiger partial charge < -0.3 is 25.2 Å². The molecule has 1 aliphatic heterocycles. The van der Waals surface area contributed by atoms with E-state index in [4.69, 9.17) is 19.4 Å². The number of aliphatic hydroxyl groups is 1. The van der Waals surface area contributed by atoms with Gasteiger partial charge >= 0.3 is 0 Å². The number of aliphatic hydroxyl groups excluding tert-OH is 1. The van der Waals surface area contributed by atoms with Crippen molar-refractivity contribution in [2.75, 3.05) is 18.1 Å². The van der Waals surface area contributed by atoms with Crippen molar-refractivity contribution in [2.45, 2.75) is 76.3 Å². The first-order valence-electron chi connectivity index (χ1n) is 12.3. The molecule has 5 rings (SSSR count). The fourth-order valence-electron chi connectivity index (χ4n) is 5.21. The Labute approximate surface area is 224 Å². The van der Waals surface area contributed by atoms with Crippen LogP contribution < -0.4 is 10.6 Å². The third kappa shape index (κ3) is 4.92. The van der Waals surface area contributed by atoms with Crippen LogP contribution in [0.1, 0.15) is 38.6 Å². The van der Waals surface area contributed by atoms with Crippen molar-refractivity contribution >= 4 is 45.0 Å². The Morgan fingerprint density at radius 2 is 2.00 bits per heavy atom. The molecule has 0 spiro atoms. The highest BCUT2D eigenvalue weighted by molar-refractivity contribution is 7.98. The molecule has 1 aliphatic carbocycles. The number of thiazole rings is 1. The summed E-state index contributed by atoms with van der Waals surface area (Å²) >= 11 is 3.03. The average molecular weight is 545 g/mol. The number of nitrogens with one attached hydrogen (secondary N) is 2. The summed E-state index contributed by atoms with van der Waals surface area (Å²) < 4.78 is 13.5. The lowest BCUT2D eigenvalue weighted by atomic mass is 9.97. The number of hydrogen-bond acceptors (Lipinski definition) is 11. The number of carbonyl (C=O) groups is 1. The second-order valence-corrected chi connectivity index (χ2v) is 11.6. The summed E-state index contributed by atoms with van der Waals surface area (Å²) in [5.74, 6) is -1.02. The van der Waals surface area contributed by atoms with Crippen LogP contribution in [0.15, 0.2) is 17.4 Å². The molecule has 1 amide bonds. The van der Waals surface area contributed by atoms with Crippen LogP contribution in [-0.4, -0.2) is 73.9 Å². The first-order chi connectivity index (χ1) is 17.6. The number of carbonyl (C=O) groups excluding carboxylic acids is 1. The summed E-state index contributed by atoms with van der Waals surface area (Å²) in [5.41, 5.74) is 3.36. The van der Waals surface area contributed by atoms with Crippen molar-refractivity contribution in [3.05, 3.63) is 23.7 Å². The van der Waals surface area contributed by atoms with Gasteiger partial charge in [0.05, 0.1) is 33.8 Å². The number of hydrogen-bond donors (Lipinski definition) is 3. The maximum absolute atomic E-state index is 12.5. The first-order valence-corrected chi connectivity index (χ1v) is 14.4. The molecule has 1 saturated carbocycles. The average Bonchev–Trinajstić information content (AvgIpc) is 3.50. The molecule has 12 heteroatoms. The normalized spacial score (nSPS) is 25.3. The maximum Gasteiger partial charge on any atom is 0.249 e. The summed E-state index contributed by atoms with van der Waals surface area (Å²) in [5, 5.41) is 18.6. The Bertz CT molecular complexity index is 1330. The van der Waals surface area contributed by atoms with Gasteiger partial charge in [-0.2, -0.15) is 0 Å². The minimum absolute atomic E-state index is 0.249. The molecule has 0 radical (unpaired) electrons. The van der Waals surface area contributed by atoms with Crippen LogP contribution >= 0.6 is 23.1 Å². The smallest absolute Gasteiger partial charge is 0.249 e. The van der Waals surface area contributed by atoms with E-state index in [1.165, 1.54) is 11.8 Å². The molecule has 0 bridgehead atoms. The molecule has 3 aromatic heterocycles. The number of aromatic nitrogens is 4. The maximum atomic E-state index is 12.5. The van der Waals surface area contributed by atoms with Crippen LogP contribution in [-0.2, 0) is 14.3 Å². The molecule has 2 fully saturated rings. The van der Waals surface area contributed by atoms with Gasteiger partial charge in [-0.3, -0.25) is 9.78 Å². The standard InChI is InChI=1S/C25H32N6O4S2/c1-7-26-22(33)18(32)13-10-14(20-19(13)34-25(4,5)35-20)29-21-16(11(2)28-24(31-21)36-6)23-30-17-12(3)27-9-8-15(17)37-23/h8-9,13-14,18-20,32H,7,10H2,1-6H3,(H,26,33)(H,28,29,31)/t13-,14-,18?,19-,20+/m1/s1. The molecule has 4 heterocycles. The molecule has 5 atom stereocenters. The zero-order valence-electron chi connectivity index (χ0n) is 21.7. The van der Waals surface area contributed by atoms with Crippen LogP contribution in [0.2, 0.25) is 0 Å². The summed E-state index contributed by atoms with van der Waals surface area (Å²) in [6.07, 6.45) is 2.19. The fraction of sp³-hybridized carbons (Fsp3) is 0.560. The lowest BCUT2D eigenvalue weighted by molar-refractivity contribution is -0.164. The van der Waals surface area contributed by atoms with Gasteiger partial charge in [-0.25, -0.2) is 15.0 Å². The lowest BCUT2D eigenvalue weighted by Gasteiger charge is -2.26. The van der Waals surface area contributed by atoms with E-state index in [2.05, 4.69) is 20.6 Å². The van der Waals surface area contributed by atoms with Crippen LogP contribution in [0.5, 0.6) is 0 Å². The highest BCUT2D eigenvalue weighted by Gasteiger charge is 2.57. The van der Waals surface area contributed by atoms with Gasteiger partial charge in [-0.1, -0.05) is 11.8 Å². The number of anilines is 1. The number of likely N-dealkylation sites (N-methyl/N-ethyl adjacent to an activating group) is 1. The predicted octanol–water partition coefficient (Wildman–Crippen LogP) is 3.30. The number of thioether (sulfide) groups is 1. The molecule has 2 aliphatic rings. The van der Waals surface area contributed by atoms with E-state index in [1.54, 1.807) is 17.5 Å². The molecule has 1 unspecified atom stereocenters. The molecule has 10 nitrogen and oxygen atoms in total. The Kier molecular flexibility index (Phi) is 7.14. The molecule has 1 saturated heterocycles. The van der Waals surface area contributed by atoms with Crippen LogP contribution in [0.4, 0.5) is 5.82 Å². The zero-order chi connectivity index (χ0) is 26.5. The zero-order valence-corrected chi connectivity index (χ0v) is 23.4. The Morgan fingerprint density at radius 1 is 1.24 bits per heavy atom. The molecular weight excluding hydrogens is 512 g/mol. The van der Waals surface area contributed by atoms with Crippen molar-refractivity contribution in [3.63, 3.8) is 0 Å². The van der Waals surface area contributed by atoms with Gasteiger partial charge in [0, 0.05) is 18.7 Å². The molecular formula is C25H32N6O4S2. The van der Waals surface area contributed by atoms with E-state index in [0.29, 0.717) is 23.9 Å². The number of fused-ring (bicyclic) bond motifs is 2. The van der Waals surface area contributed by atoms with Crippen molar-refractivity contribution in [3.8, 4) is 10.6 Å². The molecule has 37 heavy (non-hydrogen) atoms. The third-order valence-electron chi connectivity index (χ3n) is 6.81. The first kappa shape index (κ1) is 26.2. The number of pyridine rings is 1. The number of nitrogens with zero attached hydrogens (tertiary/aromatic N) is 4. The summed E-state index contributed by atoms with van der Waals surface area (Å²) in [6.45, 7) is 9.87. The highest BCUT2D eigenvalue weighted by atomic mass is 32.2. The molecule has 0 aromatic carbocycles. The number of aryl methyl sites for hydroxylation is 2. The fourth-order valence-corrected chi connectivity index (χ4v) is 6.73. The predicted molar refractivity (Wildman–Crippen MR) is 144 cm³/mol. The lowest BCUT2D eigenvalue weighted by Crippen LogP contribution is -2.43. The molecule has 3 N–H and O–H groups in total. The van der Waals surface area contributed by atoms with E-state index in [0.717, 1.165) is 32.2 Å². The molecule has 198 valence electrons. The topological polar surface area (TPSA) is 131 Å². The van der Waals surface area contributed by atoms with E-state index in [1.807, 2.05) is 46.9 Å². The number of amides is 1. The Hall–Kier alpha value is -2.38. The van der Waals surface area contributed by atoms with Gasteiger partial charge in [0.15, 0.2) is 10.9 Å². The van der Waals surface area contributed by atoms with Gasteiger partial charge in [-0.05, 0) is 53.4 Å². The van der Waals surface area contributed by atoms with Crippen molar-refractivity contribution in [2.24, 2.45) is 5.92 Å². The minimum Gasteiger partial charge on any atom is -0.383 e. The van der Waals surface area contributed by atoms with E-state index in [-0.39, 0.29) is 12.1 Å². The largest absolute Gasteiger partial charge is 0.383 e. The van der Waals surface area contributed by atoms with Crippen LogP contribution in [0, 0.1) is 19.8 Å². The second-order valence-electron chi connectivity index (χ2n) is 9.84. The SMILES string of the molecule is CCNC(=O)C(O)[C@H]1C[C@@H](Nc2nc(SC)nc(C)c2-c2nc3c(C)nccc3s2)[C@@H]2OC(C)(C)O[C@@H]21. The van der Waals surface area contributed by atoms with Gasteiger partial charge in [0.1, 0.15) is 28.6 Å². The van der Waals surface area contributed by atoms with E-state index < -0.39 is 29.8 Å². The van der Waals surface area contributed by atoms with Gasteiger partial charge in [0.25, 0.3) is 0 Å². The van der Waals surface area contributed by atoms with Crippen LogP contribution in [0.25, 0.3) is 20.8 Å². The highest BCUT2D eigenvalue weighted by Crippen LogP contribution is 2.45.